The molecule has 1 saturated heterocycles. The summed E-state index contributed by atoms with van der Waals surface area (Å²) in [6.07, 6.45) is 6.98. The molecule has 1 unspecified atom stereocenters. The highest BCUT2D eigenvalue weighted by Crippen LogP contribution is 2.17. The summed E-state index contributed by atoms with van der Waals surface area (Å²) < 4.78 is 0. The van der Waals surface area contributed by atoms with Crippen LogP contribution < -0.4 is 10.6 Å². The van der Waals surface area contributed by atoms with Crippen molar-refractivity contribution in [3.63, 3.8) is 0 Å². The summed E-state index contributed by atoms with van der Waals surface area (Å²) in [5.41, 5.74) is 0.873. The highest BCUT2D eigenvalue weighted by molar-refractivity contribution is 7.98. The van der Waals surface area contributed by atoms with E-state index in [-0.39, 0.29) is 23.8 Å². The maximum Gasteiger partial charge on any atom is 0.253 e. The van der Waals surface area contributed by atoms with E-state index in [4.69, 9.17) is 11.6 Å². The Balaban J connectivity index is 1.57. The minimum Gasteiger partial charge on any atom is -0.349 e. The summed E-state index contributed by atoms with van der Waals surface area (Å²) in [5.74, 6) is 0.134. The zero-order chi connectivity index (χ0) is 22.9. The van der Waals surface area contributed by atoms with Crippen LogP contribution in [0.3, 0.4) is 0 Å². The summed E-state index contributed by atoms with van der Waals surface area (Å²) in [5, 5.41) is 6.23. The van der Waals surface area contributed by atoms with E-state index in [9.17, 15) is 14.4 Å². The molecule has 0 saturated carbocycles. The van der Waals surface area contributed by atoms with Gasteiger partial charge in [-0.15, -0.1) is 0 Å². The van der Waals surface area contributed by atoms with Gasteiger partial charge in [-0.05, 0) is 55.5 Å². The Morgan fingerprint density at radius 3 is 2.56 bits per heavy atom. The molecule has 0 bridgehead atoms. The van der Waals surface area contributed by atoms with E-state index < -0.39 is 6.04 Å². The topological polar surface area (TPSA) is 91.4 Å². The van der Waals surface area contributed by atoms with Crippen molar-refractivity contribution in [1.82, 2.24) is 20.5 Å². The highest BCUT2D eigenvalue weighted by Gasteiger charge is 2.30. The van der Waals surface area contributed by atoms with Crippen LogP contribution in [-0.4, -0.2) is 64.8 Å². The Bertz CT molecular complexity index is 936. The molecule has 1 aliphatic heterocycles. The van der Waals surface area contributed by atoms with Crippen LogP contribution in [-0.2, 0) is 4.79 Å². The molecule has 1 aromatic heterocycles. The highest BCUT2D eigenvalue weighted by atomic mass is 35.5. The number of piperidine rings is 1. The van der Waals surface area contributed by atoms with Gasteiger partial charge in [0.2, 0.25) is 5.91 Å². The van der Waals surface area contributed by atoms with Gasteiger partial charge in [0.1, 0.15) is 6.04 Å². The Hall–Kier alpha value is -2.58. The first-order valence-electron chi connectivity index (χ1n) is 10.5. The van der Waals surface area contributed by atoms with E-state index in [0.717, 1.165) is 5.75 Å². The number of rotatable bonds is 8. The van der Waals surface area contributed by atoms with E-state index >= 15 is 0 Å². The summed E-state index contributed by atoms with van der Waals surface area (Å²) >= 11 is 7.76. The summed E-state index contributed by atoms with van der Waals surface area (Å²) in [4.78, 5) is 44.0. The third-order valence-corrected chi connectivity index (χ3v) is 6.37. The fourth-order valence-corrected chi connectivity index (χ4v) is 4.30. The molecule has 3 rings (SSSR count). The van der Waals surface area contributed by atoms with Gasteiger partial charge in [-0.3, -0.25) is 19.4 Å². The molecule has 32 heavy (non-hydrogen) atoms. The Labute approximate surface area is 197 Å². The molecule has 2 heterocycles. The molecule has 0 aliphatic carbocycles. The number of carbonyl (C=O) groups excluding carboxylic acids is 3. The first-order valence-corrected chi connectivity index (χ1v) is 12.3. The van der Waals surface area contributed by atoms with Gasteiger partial charge in [-0.25, -0.2) is 0 Å². The lowest BCUT2D eigenvalue weighted by Gasteiger charge is -2.34. The summed E-state index contributed by atoms with van der Waals surface area (Å²) in [7, 11) is 0. The fraction of sp³-hybridized carbons (Fsp3) is 0.391. The number of nitrogens with zero attached hydrogens (tertiary/aromatic N) is 2. The molecule has 3 amide bonds. The molecule has 0 radical (unpaired) electrons. The van der Waals surface area contributed by atoms with Gasteiger partial charge in [-0.2, -0.15) is 11.8 Å². The van der Waals surface area contributed by atoms with Crippen LogP contribution in [0.4, 0.5) is 0 Å². The predicted octanol–water partition coefficient (Wildman–Crippen LogP) is 3.01. The first kappa shape index (κ1) is 24.1. The zero-order valence-electron chi connectivity index (χ0n) is 17.9. The van der Waals surface area contributed by atoms with Crippen LogP contribution in [0.5, 0.6) is 0 Å². The van der Waals surface area contributed by atoms with Gasteiger partial charge in [0.25, 0.3) is 11.8 Å². The number of carbonyl (C=O) groups is 3. The normalized spacial score (nSPS) is 15.1. The third kappa shape index (κ3) is 6.46. The summed E-state index contributed by atoms with van der Waals surface area (Å²) in [6, 6.07) is 9.61. The molecule has 1 aromatic carbocycles. The van der Waals surface area contributed by atoms with E-state index in [1.807, 2.05) is 6.26 Å². The Kier molecular flexibility index (Phi) is 8.93. The molecule has 9 heteroatoms. The monoisotopic (exact) mass is 474 g/mol. The van der Waals surface area contributed by atoms with E-state index in [1.54, 1.807) is 59.3 Å². The van der Waals surface area contributed by atoms with Crippen molar-refractivity contribution in [2.24, 2.45) is 0 Å². The maximum absolute atomic E-state index is 13.2. The number of nitrogens with one attached hydrogen (secondary N) is 2. The number of likely N-dealkylation sites (tertiary alicyclic amines) is 1. The lowest BCUT2D eigenvalue weighted by molar-refractivity contribution is -0.134. The van der Waals surface area contributed by atoms with Crippen LogP contribution in [0.15, 0.2) is 48.8 Å². The number of benzene rings is 1. The Morgan fingerprint density at radius 1 is 1.16 bits per heavy atom. The lowest BCUT2D eigenvalue weighted by Crippen LogP contribution is -2.53. The van der Waals surface area contributed by atoms with Crippen molar-refractivity contribution < 1.29 is 14.4 Å². The van der Waals surface area contributed by atoms with Gasteiger partial charge in [0.15, 0.2) is 0 Å². The molecule has 1 aliphatic rings. The fourth-order valence-electron chi connectivity index (χ4n) is 3.60. The second-order valence-electron chi connectivity index (χ2n) is 7.60. The zero-order valence-corrected chi connectivity index (χ0v) is 19.5. The number of halogens is 1. The van der Waals surface area contributed by atoms with Gasteiger partial charge < -0.3 is 15.5 Å². The minimum absolute atomic E-state index is 0.00544. The Morgan fingerprint density at radius 2 is 1.91 bits per heavy atom. The van der Waals surface area contributed by atoms with E-state index in [1.165, 1.54) is 6.20 Å². The molecule has 7 nitrogen and oxygen atoms in total. The van der Waals surface area contributed by atoms with E-state index in [0.29, 0.717) is 48.5 Å². The van der Waals surface area contributed by atoms with Crippen LogP contribution in [0, 0.1) is 0 Å². The second kappa shape index (κ2) is 11.9. The molecule has 2 N–H and O–H groups in total. The lowest BCUT2D eigenvalue weighted by atomic mass is 10.0. The van der Waals surface area contributed by atoms with Crippen LogP contribution in [0.1, 0.15) is 40.0 Å². The molecule has 170 valence electrons. The smallest absolute Gasteiger partial charge is 0.253 e. The molecule has 2 aromatic rings. The number of thioether (sulfide) groups is 1. The average Bonchev–Trinajstić information content (AvgIpc) is 2.82. The van der Waals surface area contributed by atoms with Crippen LogP contribution >= 0.6 is 23.4 Å². The van der Waals surface area contributed by atoms with Crippen molar-refractivity contribution in [1.29, 1.82) is 0 Å². The predicted molar refractivity (Wildman–Crippen MR) is 127 cm³/mol. The molecule has 1 fully saturated rings. The molecule has 1 atom stereocenters. The van der Waals surface area contributed by atoms with E-state index in [2.05, 4.69) is 15.6 Å². The number of hydrogen-bond donors (Lipinski definition) is 2. The SMILES string of the molecule is CSCCC(NC(=O)c1ccccc1Cl)C(=O)N1CCC(NC(=O)c2cccnc2)CC1. The van der Waals surface area contributed by atoms with Crippen molar-refractivity contribution >= 4 is 41.1 Å². The first-order chi connectivity index (χ1) is 15.5. The van der Waals surface area contributed by atoms with Crippen molar-refractivity contribution in [3.05, 3.63) is 64.9 Å². The van der Waals surface area contributed by atoms with Gasteiger partial charge in [0, 0.05) is 31.5 Å². The largest absolute Gasteiger partial charge is 0.349 e. The standard InChI is InChI=1S/C23H27ClN4O3S/c1-32-14-10-20(27-22(30)18-6-2-3-7-19(18)24)23(31)28-12-8-17(9-13-28)26-21(29)16-5-4-11-25-15-16/h2-7,11,15,17,20H,8-10,12-14H2,1H3,(H,26,29)(H,27,30). The van der Waals surface area contributed by atoms with Crippen molar-refractivity contribution in [2.45, 2.75) is 31.3 Å². The molecular weight excluding hydrogens is 448 g/mol. The number of aromatic nitrogens is 1. The quantitative estimate of drug-likeness (QED) is 0.613. The van der Waals surface area contributed by atoms with Gasteiger partial charge in [0.05, 0.1) is 16.1 Å². The van der Waals surface area contributed by atoms with Crippen LogP contribution in [0.2, 0.25) is 5.02 Å². The number of pyridine rings is 1. The third-order valence-electron chi connectivity index (χ3n) is 5.40. The second-order valence-corrected chi connectivity index (χ2v) is 8.99. The minimum atomic E-state index is -0.618. The average molecular weight is 475 g/mol. The van der Waals surface area contributed by atoms with Gasteiger partial charge >= 0.3 is 0 Å². The maximum atomic E-state index is 13.2. The number of amides is 3. The van der Waals surface area contributed by atoms with Crippen molar-refractivity contribution in [2.75, 3.05) is 25.1 Å². The molecular formula is C23H27ClN4O3S. The summed E-state index contributed by atoms with van der Waals surface area (Å²) in [6.45, 7) is 1.04. The number of hydrogen-bond acceptors (Lipinski definition) is 5. The van der Waals surface area contributed by atoms with Crippen molar-refractivity contribution in [3.8, 4) is 0 Å². The van der Waals surface area contributed by atoms with Crippen LogP contribution in [0.25, 0.3) is 0 Å². The molecule has 0 spiro atoms. The van der Waals surface area contributed by atoms with Gasteiger partial charge in [-0.1, -0.05) is 23.7 Å².